The third-order valence-corrected chi connectivity index (χ3v) is 4.35. The molecule has 0 saturated carbocycles. The summed E-state index contributed by atoms with van der Waals surface area (Å²) in [5, 5.41) is 0.152. The van der Waals surface area contributed by atoms with Gasteiger partial charge in [0.05, 0.1) is 6.61 Å². The highest BCUT2D eigenvalue weighted by Gasteiger charge is 2.53. The SMILES string of the molecule is CCOC(=O)C1C(=O)OC(C)(C)C1C=C(Cl)c1ccc(OC(F)(F)F)cc1. The molecule has 0 N–H and O–H groups in total. The number of rotatable bonds is 5. The Morgan fingerprint density at radius 3 is 2.41 bits per heavy atom. The van der Waals surface area contributed by atoms with Gasteiger partial charge >= 0.3 is 18.3 Å². The van der Waals surface area contributed by atoms with E-state index in [9.17, 15) is 22.8 Å². The number of ether oxygens (including phenoxy) is 3. The minimum absolute atomic E-state index is 0.105. The van der Waals surface area contributed by atoms with Gasteiger partial charge in [-0.05, 0) is 50.6 Å². The molecule has 0 bridgehead atoms. The van der Waals surface area contributed by atoms with Crippen molar-refractivity contribution < 1.29 is 37.0 Å². The van der Waals surface area contributed by atoms with Crippen LogP contribution in [0.1, 0.15) is 26.3 Å². The number of benzene rings is 1. The van der Waals surface area contributed by atoms with Crippen LogP contribution >= 0.6 is 11.6 Å². The molecule has 2 atom stereocenters. The minimum atomic E-state index is -4.79. The van der Waals surface area contributed by atoms with E-state index in [2.05, 4.69) is 4.74 Å². The molecule has 0 radical (unpaired) electrons. The molecule has 0 aliphatic carbocycles. The topological polar surface area (TPSA) is 61.8 Å². The van der Waals surface area contributed by atoms with Crippen molar-refractivity contribution in [2.45, 2.75) is 32.7 Å². The second kappa shape index (κ2) is 7.80. The first-order valence-electron chi connectivity index (χ1n) is 8.07. The van der Waals surface area contributed by atoms with Gasteiger partial charge in [-0.15, -0.1) is 13.2 Å². The fourth-order valence-electron chi connectivity index (χ4n) is 2.78. The minimum Gasteiger partial charge on any atom is -0.465 e. The number of halogens is 4. The van der Waals surface area contributed by atoms with E-state index in [1.54, 1.807) is 20.8 Å². The highest BCUT2D eigenvalue weighted by molar-refractivity contribution is 6.48. The zero-order chi connectivity index (χ0) is 20.4. The molecular formula is C18H18ClF3O5. The van der Waals surface area contributed by atoms with Crippen LogP contribution in [-0.2, 0) is 19.1 Å². The molecule has 0 spiro atoms. The van der Waals surface area contributed by atoms with E-state index < -0.39 is 35.7 Å². The van der Waals surface area contributed by atoms with E-state index in [0.29, 0.717) is 5.56 Å². The zero-order valence-corrected chi connectivity index (χ0v) is 15.6. The molecule has 1 aromatic rings. The van der Waals surface area contributed by atoms with Crippen molar-refractivity contribution >= 4 is 28.6 Å². The van der Waals surface area contributed by atoms with Crippen molar-refractivity contribution in [1.82, 2.24) is 0 Å². The van der Waals surface area contributed by atoms with Gasteiger partial charge in [0.2, 0.25) is 0 Å². The van der Waals surface area contributed by atoms with Crippen molar-refractivity contribution in [1.29, 1.82) is 0 Å². The molecule has 27 heavy (non-hydrogen) atoms. The number of esters is 2. The molecular weight excluding hydrogens is 389 g/mol. The quantitative estimate of drug-likeness (QED) is 0.539. The van der Waals surface area contributed by atoms with Crippen LogP contribution < -0.4 is 4.74 Å². The number of hydrogen-bond acceptors (Lipinski definition) is 5. The summed E-state index contributed by atoms with van der Waals surface area (Å²) in [5.41, 5.74) is -0.613. The first-order valence-corrected chi connectivity index (χ1v) is 8.45. The van der Waals surface area contributed by atoms with E-state index in [4.69, 9.17) is 21.1 Å². The van der Waals surface area contributed by atoms with Crippen LogP contribution in [0.3, 0.4) is 0 Å². The average molecular weight is 407 g/mol. The molecule has 1 saturated heterocycles. The van der Waals surface area contributed by atoms with Gasteiger partial charge in [-0.2, -0.15) is 0 Å². The summed E-state index contributed by atoms with van der Waals surface area (Å²) in [6, 6.07) is 4.90. The van der Waals surface area contributed by atoms with Gasteiger partial charge in [0.15, 0.2) is 5.92 Å². The average Bonchev–Trinajstić information content (AvgIpc) is 2.75. The number of carbonyl (C=O) groups excluding carboxylic acids is 2. The van der Waals surface area contributed by atoms with Crippen molar-refractivity contribution in [3.05, 3.63) is 35.9 Å². The third-order valence-electron chi connectivity index (χ3n) is 4.01. The molecule has 1 heterocycles. The molecule has 148 valence electrons. The lowest BCUT2D eigenvalue weighted by Crippen LogP contribution is -2.32. The number of alkyl halides is 3. The summed E-state index contributed by atoms with van der Waals surface area (Å²) in [7, 11) is 0. The van der Waals surface area contributed by atoms with Crippen molar-refractivity contribution in [3.8, 4) is 5.75 Å². The summed E-state index contributed by atoms with van der Waals surface area (Å²) < 4.78 is 50.7. The molecule has 0 aromatic heterocycles. The van der Waals surface area contributed by atoms with Crippen LogP contribution in [0.4, 0.5) is 13.2 Å². The second-order valence-corrected chi connectivity index (χ2v) is 6.77. The lowest BCUT2D eigenvalue weighted by atomic mass is 9.82. The van der Waals surface area contributed by atoms with Crippen LogP contribution in [0.5, 0.6) is 5.75 Å². The van der Waals surface area contributed by atoms with Gasteiger partial charge in [-0.25, -0.2) is 0 Å². The molecule has 0 amide bonds. The molecule has 9 heteroatoms. The van der Waals surface area contributed by atoms with E-state index in [1.165, 1.54) is 18.2 Å². The highest BCUT2D eigenvalue weighted by Crippen LogP contribution is 2.41. The van der Waals surface area contributed by atoms with Gasteiger partial charge in [0.1, 0.15) is 11.4 Å². The standard InChI is InChI=1S/C18H18ClF3O5/c1-4-25-15(23)14-12(17(2,3)27-16(14)24)9-13(19)10-5-7-11(8-6-10)26-18(20,21)22/h5-9,12,14H,4H2,1-3H3. The van der Waals surface area contributed by atoms with Crippen molar-refractivity contribution in [2.24, 2.45) is 11.8 Å². The van der Waals surface area contributed by atoms with Crippen molar-refractivity contribution in [3.63, 3.8) is 0 Å². The van der Waals surface area contributed by atoms with Crippen LogP contribution in [0, 0.1) is 11.8 Å². The zero-order valence-electron chi connectivity index (χ0n) is 14.8. The molecule has 1 fully saturated rings. The monoisotopic (exact) mass is 406 g/mol. The maximum Gasteiger partial charge on any atom is 0.573 e. The number of hydrogen-bond donors (Lipinski definition) is 0. The summed E-state index contributed by atoms with van der Waals surface area (Å²) in [6.07, 6.45) is -3.31. The Labute approximate surface area is 159 Å². The molecule has 2 unspecified atom stereocenters. The second-order valence-electron chi connectivity index (χ2n) is 6.37. The summed E-state index contributed by atoms with van der Waals surface area (Å²) in [5.74, 6) is -3.69. The van der Waals surface area contributed by atoms with E-state index in [-0.39, 0.29) is 17.4 Å². The lowest BCUT2D eigenvalue weighted by Gasteiger charge is -2.24. The van der Waals surface area contributed by atoms with E-state index in [1.807, 2.05) is 0 Å². The smallest absolute Gasteiger partial charge is 0.465 e. The Morgan fingerprint density at radius 1 is 1.30 bits per heavy atom. The Bertz CT molecular complexity index is 740. The van der Waals surface area contributed by atoms with Gasteiger partial charge in [0, 0.05) is 11.0 Å². The summed E-state index contributed by atoms with van der Waals surface area (Å²) >= 11 is 6.27. The molecule has 5 nitrogen and oxygen atoms in total. The predicted octanol–water partition coefficient (Wildman–Crippen LogP) is 4.30. The van der Waals surface area contributed by atoms with Crippen LogP contribution in [-0.4, -0.2) is 30.5 Å². The first kappa shape index (κ1) is 21.1. The largest absolute Gasteiger partial charge is 0.573 e. The Morgan fingerprint density at radius 2 is 1.89 bits per heavy atom. The van der Waals surface area contributed by atoms with Gasteiger partial charge in [0.25, 0.3) is 0 Å². The van der Waals surface area contributed by atoms with Gasteiger partial charge < -0.3 is 14.2 Å². The summed E-state index contributed by atoms with van der Waals surface area (Å²) in [4.78, 5) is 24.2. The molecule has 1 aliphatic rings. The Kier molecular flexibility index (Phi) is 6.09. The maximum absolute atomic E-state index is 12.2. The maximum atomic E-state index is 12.2. The van der Waals surface area contributed by atoms with Crippen LogP contribution in [0.2, 0.25) is 0 Å². The van der Waals surface area contributed by atoms with Crippen LogP contribution in [0.15, 0.2) is 30.3 Å². The lowest BCUT2D eigenvalue weighted by molar-refractivity contribution is -0.274. The fraction of sp³-hybridized carbons (Fsp3) is 0.444. The van der Waals surface area contributed by atoms with E-state index >= 15 is 0 Å². The Balaban J connectivity index is 2.28. The van der Waals surface area contributed by atoms with Gasteiger partial charge in [-0.3, -0.25) is 9.59 Å². The van der Waals surface area contributed by atoms with Crippen LogP contribution in [0.25, 0.3) is 5.03 Å². The van der Waals surface area contributed by atoms with Crippen molar-refractivity contribution in [2.75, 3.05) is 6.61 Å². The summed E-state index contributed by atoms with van der Waals surface area (Å²) in [6.45, 7) is 4.99. The van der Waals surface area contributed by atoms with Gasteiger partial charge in [-0.1, -0.05) is 17.7 Å². The first-order chi connectivity index (χ1) is 12.4. The third kappa shape index (κ3) is 5.15. The molecule has 1 aromatic carbocycles. The fourth-order valence-corrected chi connectivity index (χ4v) is 3.04. The molecule has 1 aliphatic heterocycles. The highest BCUT2D eigenvalue weighted by atomic mass is 35.5. The molecule has 2 rings (SSSR count). The number of cyclic esters (lactones) is 1. The number of carbonyl (C=O) groups is 2. The normalized spacial score (nSPS) is 22.3. The van der Waals surface area contributed by atoms with E-state index in [0.717, 1.165) is 12.1 Å². The predicted molar refractivity (Wildman–Crippen MR) is 90.7 cm³/mol. The Hall–Kier alpha value is -2.22.